The Morgan fingerprint density at radius 3 is 2.20 bits per heavy atom. The molecular weight excluding hydrogens is 327 g/mol. The van der Waals surface area contributed by atoms with E-state index in [0.29, 0.717) is 5.56 Å². The number of aliphatic carboxylic acids is 1. The van der Waals surface area contributed by atoms with Crippen molar-refractivity contribution in [3.05, 3.63) is 65.7 Å². The van der Waals surface area contributed by atoms with Crippen LogP contribution in [-0.2, 0) is 22.4 Å². The van der Waals surface area contributed by atoms with Gasteiger partial charge >= 0.3 is 11.9 Å². The maximum absolute atomic E-state index is 13.0. The fourth-order valence-corrected chi connectivity index (χ4v) is 2.24. The maximum Gasteiger partial charge on any atom is 0.331 e. The number of nitrogens with one attached hydrogen (secondary N) is 1. The van der Waals surface area contributed by atoms with Gasteiger partial charge in [0, 0.05) is 6.42 Å². The summed E-state index contributed by atoms with van der Waals surface area (Å²) in [5.41, 5.74) is 8.42. The minimum atomic E-state index is -1.12. The van der Waals surface area contributed by atoms with Crippen LogP contribution in [0.3, 0.4) is 0 Å². The second-order valence-corrected chi connectivity index (χ2v) is 5.57. The molecule has 2 aromatic rings. The Bertz CT molecular complexity index is 707. The second kappa shape index (κ2) is 8.91. The van der Waals surface area contributed by atoms with E-state index in [1.807, 2.05) is 6.07 Å². The highest BCUT2D eigenvalue weighted by atomic mass is 19.2. The summed E-state index contributed by atoms with van der Waals surface area (Å²) in [5.74, 6) is -1.60. The molecule has 0 spiro atoms. The molecule has 4 N–H and O–H groups in total. The molecule has 0 heterocycles. The van der Waals surface area contributed by atoms with Crippen LogP contribution in [0.1, 0.15) is 11.1 Å². The van der Waals surface area contributed by atoms with Crippen LogP contribution in [0.2, 0.25) is 0 Å². The average Bonchev–Trinajstić information content (AvgIpc) is 2.62. The minimum Gasteiger partial charge on any atom is -0.480 e. The topological polar surface area (TPSA) is 102 Å². The Balaban J connectivity index is 1.95. The third-order valence-corrected chi connectivity index (χ3v) is 3.61. The second-order valence-electron chi connectivity index (χ2n) is 5.57. The summed E-state index contributed by atoms with van der Waals surface area (Å²) in [6.07, 6.45) is 0.313. The van der Waals surface area contributed by atoms with Gasteiger partial charge in [-0.2, -0.15) is 0 Å². The van der Waals surface area contributed by atoms with Crippen molar-refractivity contribution in [2.24, 2.45) is 5.73 Å². The Morgan fingerprint density at radius 1 is 1.04 bits per heavy atom. The van der Waals surface area contributed by atoms with Crippen molar-refractivity contribution in [1.82, 2.24) is 5.54 Å². The fourth-order valence-electron chi connectivity index (χ4n) is 2.24. The smallest absolute Gasteiger partial charge is 0.331 e. The van der Waals surface area contributed by atoms with Crippen molar-refractivity contribution in [2.75, 3.05) is 0 Å². The van der Waals surface area contributed by atoms with Crippen LogP contribution >= 0.6 is 0 Å². The van der Waals surface area contributed by atoms with Crippen molar-refractivity contribution < 1.29 is 23.9 Å². The Hall–Kier alpha value is -2.77. The molecule has 2 atom stereocenters. The van der Waals surface area contributed by atoms with Crippen molar-refractivity contribution in [1.29, 1.82) is 0 Å². The van der Waals surface area contributed by atoms with E-state index >= 15 is 0 Å². The number of rotatable bonds is 8. The Morgan fingerprint density at radius 2 is 1.64 bits per heavy atom. The van der Waals surface area contributed by atoms with E-state index < -0.39 is 24.0 Å². The fraction of sp³-hybridized carbons (Fsp3) is 0.222. The quantitative estimate of drug-likeness (QED) is 0.381. The predicted octanol–water partition coefficient (Wildman–Crippen LogP) is 1.63. The lowest BCUT2D eigenvalue weighted by molar-refractivity contribution is -0.139. The molecule has 7 heteroatoms. The Kier molecular flexibility index (Phi) is 6.62. The molecule has 2 aromatic carbocycles. The van der Waals surface area contributed by atoms with Gasteiger partial charge in [0.15, 0.2) is 0 Å². The molecule has 0 aliphatic heterocycles. The van der Waals surface area contributed by atoms with Crippen molar-refractivity contribution in [3.63, 3.8) is 0 Å². The van der Waals surface area contributed by atoms with E-state index in [9.17, 15) is 14.1 Å². The van der Waals surface area contributed by atoms with Gasteiger partial charge in [-0.3, -0.25) is 4.79 Å². The average molecular weight is 346 g/mol. The zero-order valence-corrected chi connectivity index (χ0v) is 13.4. The number of carboxylic acids is 1. The number of ether oxygens (including phenoxy) is 1. The van der Waals surface area contributed by atoms with Crippen LogP contribution in [0.15, 0.2) is 54.6 Å². The van der Waals surface area contributed by atoms with E-state index in [-0.39, 0.29) is 18.6 Å². The number of esters is 1. The Labute approximate surface area is 144 Å². The monoisotopic (exact) mass is 346 g/mol. The lowest BCUT2D eigenvalue weighted by Crippen LogP contribution is -2.37. The largest absolute Gasteiger partial charge is 0.480 e. The highest BCUT2D eigenvalue weighted by Gasteiger charge is 2.21. The number of carbonyl (C=O) groups is 2. The van der Waals surface area contributed by atoms with Gasteiger partial charge in [-0.05, 0) is 29.7 Å². The number of carboxylic acid groups (broad SMARTS) is 1. The first-order valence-electron chi connectivity index (χ1n) is 7.68. The molecular formula is C18H19FN2O4. The third kappa shape index (κ3) is 5.66. The van der Waals surface area contributed by atoms with Gasteiger partial charge in [0.2, 0.25) is 0 Å². The summed E-state index contributed by atoms with van der Waals surface area (Å²) in [6, 6.07) is 13.1. The highest BCUT2D eigenvalue weighted by molar-refractivity contribution is 5.78. The minimum absolute atomic E-state index is 0.154. The van der Waals surface area contributed by atoms with Crippen LogP contribution in [-0.4, -0.2) is 29.1 Å². The predicted molar refractivity (Wildman–Crippen MR) is 89.6 cm³/mol. The number of carbonyl (C=O) groups excluding carboxylic acids is 1. The summed E-state index contributed by atoms with van der Waals surface area (Å²) in [4.78, 5) is 22.8. The summed E-state index contributed by atoms with van der Waals surface area (Å²) in [7, 11) is 0. The van der Waals surface area contributed by atoms with E-state index in [1.54, 1.807) is 36.4 Å². The van der Waals surface area contributed by atoms with Crippen molar-refractivity contribution >= 4 is 11.9 Å². The number of nitrogens with two attached hydrogens (primary N) is 1. The molecule has 25 heavy (non-hydrogen) atoms. The van der Waals surface area contributed by atoms with Gasteiger partial charge < -0.3 is 15.6 Å². The van der Waals surface area contributed by atoms with Crippen LogP contribution in [0.25, 0.3) is 0 Å². The molecule has 0 amide bonds. The van der Waals surface area contributed by atoms with Crippen LogP contribution < -0.4 is 16.0 Å². The molecule has 0 aromatic heterocycles. The molecule has 6 nitrogen and oxygen atoms in total. The van der Waals surface area contributed by atoms with Gasteiger partial charge in [-0.15, -0.1) is 10.0 Å². The van der Waals surface area contributed by atoms with Gasteiger partial charge in [0.05, 0.1) is 0 Å². The van der Waals surface area contributed by atoms with Crippen molar-refractivity contribution in [2.45, 2.75) is 24.9 Å². The van der Waals surface area contributed by atoms with E-state index in [4.69, 9.17) is 15.6 Å². The third-order valence-electron chi connectivity index (χ3n) is 3.61. The van der Waals surface area contributed by atoms with E-state index in [0.717, 1.165) is 5.56 Å². The summed E-state index contributed by atoms with van der Waals surface area (Å²) in [6.45, 7) is 0. The summed E-state index contributed by atoms with van der Waals surface area (Å²) < 4.78 is 18.1. The van der Waals surface area contributed by atoms with Crippen LogP contribution in [0.4, 0.5) is 4.48 Å². The van der Waals surface area contributed by atoms with Gasteiger partial charge in [-0.25, -0.2) is 4.79 Å². The maximum atomic E-state index is 13.0. The number of hydrogen-bond donors (Lipinski definition) is 3. The first-order valence-corrected chi connectivity index (χ1v) is 7.68. The molecule has 0 saturated carbocycles. The van der Waals surface area contributed by atoms with E-state index in [2.05, 4.69) is 0 Å². The molecule has 2 rings (SSSR count). The molecule has 0 radical (unpaired) electrons. The summed E-state index contributed by atoms with van der Waals surface area (Å²) in [5, 5.41) is 8.79. The first kappa shape index (κ1) is 18.6. The molecule has 0 fully saturated rings. The molecule has 132 valence electrons. The van der Waals surface area contributed by atoms with Gasteiger partial charge in [0.25, 0.3) is 0 Å². The molecule has 0 aliphatic carbocycles. The number of benzene rings is 2. The molecule has 0 unspecified atom stereocenters. The molecule has 0 aliphatic rings. The zero-order chi connectivity index (χ0) is 18.2. The molecule has 0 saturated heterocycles. The van der Waals surface area contributed by atoms with Gasteiger partial charge in [-0.1, -0.05) is 42.5 Å². The number of halogens is 1. The normalized spacial score (nSPS) is 13.0. The SMILES string of the molecule is N[C@@H](Cc1ccc(OC(=O)[C@H](Cc2ccccc2)NF)cc1)C(=O)O. The van der Waals surface area contributed by atoms with Crippen LogP contribution in [0.5, 0.6) is 5.75 Å². The highest BCUT2D eigenvalue weighted by Crippen LogP contribution is 2.15. The number of hydrogen-bond acceptors (Lipinski definition) is 5. The van der Waals surface area contributed by atoms with Crippen LogP contribution in [0, 0.1) is 0 Å². The summed E-state index contributed by atoms with van der Waals surface area (Å²) >= 11 is 0. The lowest BCUT2D eigenvalue weighted by Gasteiger charge is -2.13. The zero-order valence-electron chi connectivity index (χ0n) is 13.4. The first-order chi connectivity index (χ1) is 12.0. The lowest BCUT2D eigenvalue weighted by atomic mass is 10.1. The molecule has 0 bridgehead atoms. The van der Waals surface area contributed by atoms with Crippen molar-refractivity contribution in [3.8, 4) is 5.75 Å². The standard InChI is InChI=1S/C18H19FN2O4/c19-21-16(11-12-4-2-1-3-5-12)18(24)25-14-8-6-13(7-9-14)10-15(20)17(22)23/h1-9,15-16,21H,10-11,20H2,(H,22,23)/t15-,16-/m0/s1. The van der Waals surface area contributed by atoms with Gasteiger partial charge in [0.1, 0.15) is 17.8 Å². The van der Waals surface area contributed by atoms with E-state index in [1.165, 1.54) is 17.7 Å².